The summed E-state index contributed by atoms with van der Waals surface area (Å²) in [7, 11) is 0. The van der Waals surface area contributed by atoms with Crippen LogP contribution in [-0.4, -0.2) is 34.1 Å². The first kappa shape index (κ1) is 23.6. The summed E-state index contributed by atoms with van der Waals surface area (Å²) in [6.45, 7) is 11.5. The first-order chi connectivity index (χ1) is 12.6. The van der Waals surface area contributed by atoms with Crippen LogP contribution in [0.5, 0.6) is 0 Å². The number of thiazole rings is 1. The maximum absolute atomic E-state index is 12.5. The van der Waals surface area contributed by atoms with Crippen LogP contribution in [0.25, 0.3) is 0 Å². The molecule has 3 N–H and O–H groups in total. The molecule has 0 radical (unpaired) electrons. The number of aliphatic hydroxyl groups is 1. The van der Waals surface area contributed by atoms with Crippen LogP contribution in [-0.2, 0) is 9.59 Å². The number of anilines is 1. The number of amides is 2. The van der Waals surface area contributed by atoms with E-state index in [1.165, 1.54) is 16.2 Å². The van der Waals surface area contributed by atoms with Gasteiger partial charge in [0.2, 0.25) is 11.8 Å². The lowest BCUT2D eigenvalue weighted by Crippen LogP contribution is -2.50. The van der Waals surface area contributed by atoms with E-state index in [9.17, 15) is 14.7 Å². The molecule has 0 fully saturated rings. The molecular formula is C20H35N3O3S. The summed E-state index contributed by atoms with van der Waals surface area (Å²) in [5.41, 5.74) is -0.587. The lowest BCUT2D eigenvalue weighted by atomic mass is 9.88. The second kappa shape index (κ2) is 10.8. The third-order valence-electron chi connectivity index (χ3n) is 4.54. The van der Waals surface area contributed by atoms with Gasteiger partial charge in [-0.25, -0.2) is 4.98 Å². The largest absolute Gasteiger partial charge is 0.383 e. The number of aliphatic hydroxyl groups excluding tert-OH is 1. The van der Waals surface area contributed by atoms with Crippen molar-refractivity contribution < 1.29 is 14.7 Å². The molecule has 2 amide bonds. The maximum atomic E-state index is 12.5. The van der Waals surface area contributed by atoms with E-state index in [2.05, 4.69) is 29.5 Å². The summed E-state index contributed by atoms with van der Waals surface area (Å²) in [6.07, 6.45) is 5.56. The van der Waals surface area contributed by atoms with Crippen LogP contribution < -0.4 is 10.6 Å². The van der Waals surface area contributed by atoms with Gasteiger partial charge in [-0.1, -0.05) is 54.4 Å². The lowest BCUT2D eigenvalue weighted by molar-refractivity contribution is -0.137. The molecule has 1 heterocycles. The molecule has 0 saturated carbocycles. The highest BCUT2D eigenvalue weighted by Gasteiger charge is 2.31. The third-order valence-corrected chi connectivity index (χ3v) is 5.62. The minimum Gasteiger partial charge on any atom is -0.383 e. The lowest BCUT2D eigenvalue weighted by Gasteiger charge is -2.26. The van der Waals surface area contributed by atoms with Crippen molar-refractivity contribution >= 4 is 28.3 Å². The summed E-state index contributed by atoms with van der Waals surface area (Å²) >= 11 is 1.50. The van der Waals surface area contributed by atoms with Gasteiger partial charge >= 0.3 is 0 Å². The molecule has 7 heteroatoms. The zero-order chi connectivity index (χ0) is 20.6. The van der Waals surface area contributed by atoms with Crippen molar-refractivity contribution in [3.05, 3.63) is 11.1 Å². The van der Waals surface area contributed by atoms with Crippen LogP contribution in [0.3, 0.4) is 0 Å². The summed E-state index contributed by atoms with van der Waals surface area (Å²) in [5, 5.41) is 16.1. The molecule has 1 aromatic rings. The Morgan fingerprint density at radius 2 is 1.74 bits per heavy atom. The molecule has 0 aliphatic rings. The molecule has 0 aliphatic carbocycles. The van der Waals surface area contributed by atoms with Crippen LogP contribution in [0.4, 0.5) is 5.13 Å². The molecule has 0 saturated heterocycles. The normalized spacial score (nSPS) is 14.1. The van der Waals surface area contributed by atoms with Crippen LogP contribution in [0, 0.1) is 5.41 Å². The van der Waals surface area contributed by atoms with E-state index in [0.717, 1.165) is 25.7 Å². The number of carbonyl (C=O) groups excluding carboxylic acids is 2. The van der Waals surface area contributed by atoms with Crippen molar-refractivity contribution in [1.82, 2.24) is 10.3 Å². The molecule has 1 rings (SSSR count). The molecule has 0 spiro atoms. The Morgan fingerprint density at radius 3 is 2.22 bits per heavy atom. The standard InChI is InChI=1S/C20H35N3O3S/c1-7-10-13(11-8-2)15-12-21-19(27-15)23-17(25)14(9-3)22-18(26)16(24)20(4,5)6/h12-14,16,24H,7-11H2,1-6H3,(H,22,26)(H,21,23,25)/t14-,16?/m0/s1. The number of hydrogen-bond acceptors (Lipinski definition) is 5. The Morgan fingerprint density at radius 1 is 1.15 bits per heavy atom. The van der Waals surface area contributed by atoms with E-state index in [1.807, 2.05) is 13.1 Å². The number of aromatic nitrogens is 1. The molecule has 27 heavy (non-hydrogen) atoms. The predicted octanol–water partition coefficient (Wildman–Crippen LogP) is 4.07. The molecule has 1 unspecified atom stereocenters. The molecule has 154 valence electrons. The Balaban J connectivity index is 2.74. The highest BCUT2D eigenvalue weighted by Crippen LogP contribution is 2.32. The number of nitrogens with zero attached hydrogens (tertiary/aromatic N) is 1. The molecule has 0 bridgehead atoms. The zero-order valence-corrected chi connectivity index (χ0v) is 18.3. The van der Waals surface area contributed by atoms with E-state index in [0.29, 0.717) is 17.5 Å². The summed E-state index contributed by atoms with van der Waals surface area (Å²) in [6, 6.07) is -0.705. The Kier molecular flexibility index (Phi) is 9.39. The second-order valence-corrected chi connectivity index (χ2v) is 9.13. The van der Waals surface area contributed by atoms with E-state index >= 15 is 0 Å². The average Bonchev–Trinajstić information content (AvgIpc) is 3.05. The first-order valence-corrected chi connectivity index (χ1v) is 10.7. The molecule has 0 aliphatic heterocycles. The van der Waals surface area contributed by atoms with Gasteiger partial charge in [0.1, 0.15) is 12.1 Å². The highest BCUT2D eigenvalue weighted by molar-refractivity contribution is 7.15. The van der Waals surface area contributed by atoms with Gasteiger partial charge in [0.25, 0.3) is 0 Å². The summed E-state index contributed by atoms with van der Waals surface area (Å²) in [5.74, 6) is -0.363. The van der Waals surface area contributed by atoms with Crippen molar-refractivity contribution in [3.63, 3.8) is 0 Å². The van der Waals surface area contributed by atoms with E-state index in [4.69, 9.17) is 0 Å². The predicted molar refractivity (Wildman–Crippen MR) is 111 cm³/mol. The quantitative estimate of drug-likeness (QED) is 0.555. The average molecular weight is 398 g/mol. The monoisotopic (exact) mass is 397 g/mol. The van der Waals surface area contributed by atoms with Crippen molar-refractivity contribution in [2.45, 2.75) is 91.7 Å². The zero-order valence-electron chi connectivity index (χ0n) is 17.5. The Labute approximate surface area is 167 Å². The molecular weight excluding hydrogens is 362 g/mol. The summed E-state index contributed by atoms with van der Waals surface area (Å²) < 4.78 is 0. The topological polar surface area (TPSA) is 91.3 Å². The molecule has 2 atom stereocenters. The number of rotatable bonds is 10. The first-order valence-electron chi connectivity index (χ1n) is 9.88. The van der Waals surface area contributed by atoms with Gasteiger partial charge in [-0.15, -0.1) is 11.3 Å². The van der Waals surface area contributed by atoms with Crippen molar-refractivity contribution in [2.75, 3.05) is 5.32 Å². The highest BCUT2D eigenvalue weighted by atomic mass is 32.1. The summed E-state index contributed by atoms with van der Waals surface area (Å²) in [4.78, 5) is 30.3. The Hall–Kier alpha value is -1.47. The van der Waals surface area contributed by atoms with E-state index < -0.39 is 23.5 Å². The van der Waals surface area contributed by atoms with Crippen LogP contribution in [0.2, 0.25) is 0 Å². The van der Waals surface area contributed by atoms with E-state index in [1.54, 1.807) is 20.8 Å². The minimum absolute atomic E-state index is 0.310. The van der Waals surface area contributed by atoms with Gasteiger partial charge < -0.3 is 15.7 Å². The number of nitrogens with one attached hydrogen (secondary N) is 2. The van der Waals surface area contributed by atoms with Gasteiger partial charge in [-0.05, 0) is 30.6 Å². The molecule has 6 nitrogen and oxygen atoms in total. The van der Waals surface area contributed by atoms with Gasteiger partial charge in [0, 0.05) is 11.1 Å². The fraction of sp³-hybridized carbons (Fsp3) is 0.750. The van der Waals surface area contributed by atoms with E-state index in [-0.39, 0.29) is 5.91 Å². The van der Waals surface area contributed by atoms with Gasteiger partial charge in [-0.2, -0.15) is 0 Å². The maximum Gasteiger partial charge on any atom is 0.250 e. The Bertz CT molecular complexity index is 604. The third kappa shape index (κ3) is 7.22. The van der Waals surface area contributed by atoms with Crippen molar-refractivity contribution in [1.29, 1.82) is 0 Å². The van der Waals surface area contributed by atoms with Gasteiger partial charge in [0.15, 0.2) is 5.13 Å². The molecule has 1 aromatic heterocycles. The fourth-order valence-corrected chi connectivity index (χ4v) is 3.84. The van der Waals surface area contributed by atoms with Crippen LogP contribution in [0.15, 0.2) is 6.20 Å². The second-order valence-electron chi connectivity index (χ2n) is 8.07. The number of carbonyl (C=O) groups is 2. The SMILES string of the molecule is CCCC(CCC)c1cnc(NC(=O)[C@H](CC)NC(=O)C(O)C(C)(C)C)s1. The molecule has 0 aromatic carbocycles. The fourth-order valence-electron chi connectivity index (χ4n) is 2.85. The van der Waals surface area contributed by atoms with Gasteiger partial charge in [0.05, 0.1) is 0 Å². The van der Waals surface area contributed by atoms with Crippen LogP contribution in [0.1, 0.15) is 84.4 Å². The van der Waals surface area contributed by atoms with Crippen LogP contribution >= 0.6 is 11.3 Å². The smallest absolute Gasteiger partial charge is 0.250 e. The minimum atomic E-state index is -1.17. The van der Waals surface area contributed by atoms with Crippen molar-refractivity contribution in [2.24, 2.45) is 5.41 Å². The van der Waals surface area contributed by atoms with Crippen molar-refractivity contribution in [3.8, 4) is 0 Å². The number of hydrogen-bond donors (Lipinski definition) is 3. The van der Waals surface area contributed by atoms with Gasteiger partial charge in [-0.3, -0.25) is 9.59 Å².